The molecule has 0 saturated heterocycles. The van der Waals surface area contributed by atoms with Crippen LogP contribution in [0.1, 0.15) is 38.2 Å². The zero-order valence-electron chi connectivity index (χ0n) is 19.1. The Bertz CT molecular complexity index is 758. The number of carbonyl (C=O) groups is 4. The summed E-state index contributed by atoms with van der Waals surface area (Å²) < 4.78 is 15.3. The van der Waals surface area contributed by atoms with E-state index in [9.17, 15) is 24.3 Å². The van der Waals surface area contributed by atoms with Gasteiger partial charge < -0.3 is 30.0 Å². The monoisotopic (exact) mass is 484 g/mol. The standard InChI is InChI=1S/C22H32N2O8S/c1-15(25)33-13-12-17(24-22(29)32-14-16-8-5-4-6-9-16)20(26)23-18(21(27)28)10-7-11-19(30-2)31-3/h4-6,8-9,17-19H,7,10-14H2,1-3H3,(H,23,26)(H,24,29)(H,27,28). The molecule has 0 aliphatic carbocycles. The van der Waals surface area contributed by atoms with Crippen molar-refractivity contribution >= 4 is 34.8 Å². The number of benzene rings is 1. The van der Waals surface area contributed by atoms with Gasteiger partial charge in [-0.25, -0.2) is 9.59 Å². The molecule has 0 saturated carbocycles. The predicted octanol–water partition coefficient (Wildman–Crippen LogP) is 2.31. The second-order valence-corrected chi connectivity index (χ2v) is 8.39. The molecule has 11 heteroatoms. The Morgan fingerprint density at radius 2 is 1.64 bits per heavy atom. The minimum Gasteiger partial charge on any atom is -0.480 e. The van der Waals surface area contributed by atoms with Crippen molar-refractivity contribution in [3.05, 3.63) is 35.9 Å². The Kier molecular flexibility index (Phi) is 13.8. The van der Waals surface area contributed by atoms with Crippen LogP contribution < -0.4 is 10.6 Å². The van der Waals surface area contributed by atoms with Crippen LogP contribution in [0.25, 0.3) is 0 Å². The molecule has 10 nitrogen and oxygen atoms in total. The molecule has 0 bridgehead atoms. The van der Waals surface area contributed by atoms with Crippen LogP contribution in [0, 0.1) is 0 Å². The molecule has 0 fully saturated rings. The molecule has 0 aromatic heterocycles. The van der Waals surface area contributed by atoms with Gasteiger partial charge in [0.25, 0.3) is 0 Å². The van der Waals surface area contributed by atoms with Gasteiger partial charge in [0.05, 0.1) is 0 Å². The molecule has 1 rings (SSSR count). The van der Waals surface area contributed by atoms with Crippen molar-refractivity contribution in [1.82, 2.24) is 10.6 Å². The van der Waals surface area contributed by atoms with Gasteiger partial charge in [0.1, 0.15) is 18.7 Å². The number of thioether (sulfide) groups is 1. The van der Waals surface area contributed by atoms with Crippen molar-refractivity contribution in [2.45, 2.75) is 57.6 Å². The number of hydrogen-bond donors (Lipinski definition) is 3. The Morgan fingerprint density at radius 1 is 0.970 bits per heavy atom. The van der Waals surface area contributed by atoms with Crippen LogP contribution in [0.5, 0.6) is 0 Å². The van der Waals surface area contributed by atoms with Gasteiger partial charge >= 0.3 is 12.1 Å². The van der Waals surface area contributed by atoms with Crippen LogP contribution in [0.3, 0.4) is 0 Å². The lowest BCUT2D eigenvalue weighted by molar-refractivity contribution is -0.142. The van der Waals surface area contributed by atoms with E-state index < -0.39 is 36.3 Å². The quantitative estimate of drug-likeness (QED) is 0.320. The summed E-state index contributed by atoms with van der Waals surface area (Å²) in [4.78, 5) is 47.8. The summed E-state index contributed by atoms with van der Waals surface area (Å²) in [6, 6.07) is 6.80. The molecule has 2 unspecified atom stereocenters. The highest BCUT2D eigenvalue weighted by Crippen LogP contribution is 2.10. The summed E-state index contributed by atoms with van der Waals surface area (Å²) in [6.45, 7) is 1.41. The Hall–Kier alpha value is -2.63. The van der Waals surface area contributed by atoms with Gasteiger partial charge in [-0.15, -0.1) is 0 Å². The maximum Gasteiger partial charge on any atom is 0.408 e. The minimum absolute atomic E-state index is 0.0150. The first-order chi connectivity index (χ1) is 15.8. The molecule has 184 valence electrons. The fourth-order valence-corrected chi connectivity index (χ4v) is 3.49. The fraction of sp³-hybridized carbons (Fsp3) is 0.545. The average Bonchev–Trinajstić information content (AvgIpc) is 2.79. The number of carboxylic acids is 1. The lowest BCUT2D eigenvalue weighted by atomic mass is 10.1. The lowest BCUT2D eigenvalue weighted by Gasteiger charge is -2.21. The molecular formula is C22H32N2O8S. The predicted molar refractivity (Wildman–Crippen MR) is 123 cm³/mol. The summed E-state index contributed by atoms with van der Waals surface area (Å²) in [5.74, 6) is -1.59. The van der Waals surface area contributed by atoms with E-state index in [1.807, 2.05) is 6.07 Å². The van der Waals surface area contributed by atoms with Gasteiger partial charge in [0, 0.05) is 26.9 Å². The number of rotatable bonds is 15. The first-order valence-corrected chi connectivity index (χ1v) is 11.4. The Labute approximate surface area is 197 Å². The van der Waals surface area contributed by atoms with Gasteiger partial charge in [0.15, 0.2) is 11.4 Å². The molecule has 1 aromatic carbocycles. The summed E-state index contributed by atoms with van der Waals surface area (Å²) in [5, 5.41) is 14.3. The van der Waals surface area contributed by atoms with Gasteiger partial charge in [-0.2, -0.15) is 0 Å². The second-order valence-electron chi connectivity index (χ2n) is 7.12. The Balaban J connectivity index is 2.70. The smallest absolute Gasteiger partial charge is 0.408 e. The second kappa shape index (κ2) is 16.1. The lowest BCUT2D eigenvalue weighted by Crippen LogP contribution is -2.52. The van der Waals surface area contributed by atoms with E-state index in [0.717, 1.165) is 17.3 Å². The molecule has 2 amide bonds. The number of ether oxygens (including phenoxy) is 3. The zero-order chi connectivity index (χ0) is 24.6. The molecule has 0 radical (unpaired) electrons. The number of aliphatic carboxylic acids is 1. The third-order valence-electron chi connectivity index (χ3n) is 4.61. The summed E-state index contributed by atoms with van der Waals surface area (Å²) in [7, 11) is 2.97. The van der Waals surface area contributed by atoms with Crippen LogP contribution in [0.4, 0.5) is 4.79 Å². The average molecular weight is 485 g/mol. The first-order valence-electron chi connectivity index (χ1n) is 10.5. The van der Waals surface area contributed by atoms with Crippen molar-refractivity contribution in [2.75, 3.05) is 20.0 Å². The number of hydrogen-bond acceptors (Lipinski definition) is 8. The van der Waals surface area contributed by atoms with E-state index >= 15 is 0 Å². The Morgan fingerprint density at radius 3 is 2.21 bits per heavy atom. The third kappa shape index (κ3) is 12.3. The number of carbonyl (C=O) groups excluding carboxylic acids is 3. The van der Waals surface area contributed by atoms with Crippen molar-refractivity contribution in [3.63, 3.8) is 0 Å². The van der Waals surface area contributed by atoms with E-state index in [-0.39, 0.29) is 30.3 Å². The van der Waals surface area contributed by atoms with Crippen LogP contribution in [0.15, 0.2) is 30.3 Å². The largest absolute Gasteiger partial charge is 0.480 e. The number of nitrogens with one attached hydrogen (secondary N) is 2. The zero-order valence-corrected chi connectivity index (χ0v) is 19.9. The molecule has 0 spiro atoms. The highest BCUT2D eigenvalue weighted by Gasteiger charge is 2.27. The third-order valence-corrected chi connectivity index (χ3v) is 5.45. The van der Waals surface area contributed by atoms with Crippen LogP contribution in [-0.4, -0.2) is 66.5 Å². The highest BCUT2D eigenvalue weighted by atomic mass is 32.2. The SMILES string of the molecule is COC(CCCC(NC(=O)C(CCSC(C)=O)NC(=O)OCc1ccccc1)C(=O)O)OC. The van der Waals surface area contributed by atoms with Gasteiger partial charge in [-0.3, -0.25) is 9.59 Å². The molecule has 0 aliphatic rings. The van der Waals surface area contributed by atoms with Crippen LogP contribution in [0.2, 0.25) is 0 Å². The number of methoxy groups -OCH3 is 2. The molecule has 0 aliphatic heterocycles. The molecule has 1 aromatic rings. The number of amides is 2. The summed E-state index contributed by atoms with van der Waals surface area (Å²) >= 11 is 1.01. The first kappa shape index (κ1) is 28.4. The van der Waals surface area contributed by atoms with Crippen molar-refractivity contribution in [2.24, 2.45) is 0 Å². The van der Waals surface area contributed by atoms with Crippen LogP contribution >= 0.6 is 11.8 Å². The topological polar surface area (TPSA) is 140 Å². The maximum absolute atomic E-state index is 12.8. The van der Waals surface area contributed by atoms with Crippen LogP contribution in [-0.2, 0) is 35.2 Å². The minimum atomic E-state index is -1.20. The summed E-state index contributed by atoms with van der Waals surface area (Å²) in [6.07, 6.45) is -0.124. The summed E-state index contributed by atoms with van der Waals surface area (Å²) in [5.41, 5.74) is 0.775. The van der Waals surface area contributed by atoms with Gasteiger partial charge in [-0.1, -0.05) is 42.1 Å². The molecular weight excluding hydrogens is 452 g/mol. The number of carboxylic acid groups (broad SMARTS) is 1. The molecule has 2 atom stereocenters. The van der Waals surface area contributed by atoms with Gasteiger partial charge in [0.2, 0.25) is 5.91 Å². The van der Waals surface area contributed by atoms with Crippen molar-refractivity contribution in [1.29, 1.82) is 0 Å². The van der Waals surface area contributed by atoms with E-state index in [1.165, 1.54) is 21.1 Å². The molecule has 0 heterocycles. The van der Waals surface area contributed by atoms with Crippen molar-refractivity contribution in [3.8, 4) is 0 Å². The highest BCUT2D eigenvalue weighted by molar-refractivity contribution is 8.13. The van der Waals surface area contributed by atoms with E-state index in [4.69, 9.17) is 14.2 Å². The van der Waals surface area contributed by atoms with E-state index in [2.05, 4.69) is 10.6 Å². The van der Waals surface area contributed by atoms with Gasteiger partial charge in [-0.05, 0) is 31.2 Å². The fourth-order valence-electron chi connectivity index (χ4n) is 2.85. The van der Waals surface area contributed by atoms with E-state index in [1.54, 1.807) is 24.3 Å². The normalized spacial score (nSPS) is 12.6. The molecule has 3 N–H and O–H groups in total. The number of alkyl carbamates (subject to hydrolysis) is 1. The van der Waals surface area contributed by atoms with E-state index in [0.29, 0.717) is 12.8 Å². The maximum atomic E-state index is 12.8. The van der Waals surface area contributed by atoms with Crippen molar-refractivity contribution < 1.29 is 38.5 Å². The molecule has 33 heavy (non-hydrogen) atoms.